The molecule has 0 saturated heterocycles. The first kappa shape index (κ1) is 7.67. The molecule has 2 aromatic rings. The van der Waals surface area contributed by atoms with Crippen molar-refractivity contribution in [1.29, 1.82) is 0 Å². The molecule has 3 rings (SSSR count). The zero-order chi connectivity index (χ0) is 23.0. The molecule has 0 amide bonds. The maximum Gasteiger partial charge on any atom is 0.264 e. The summed E-state index contributed by atoms with van der Waals surface area (Å²) in [6, 6.07) is -1.83. The molecule has 1 atom stereocenters. The van der Waals surface area contributed by atoms with E-state index in [0.717, 1.165) is 6.92 Å². The van der Waals surface area contributed by atoms with Gasteiger partial charge in [-0.2, -0.15) is 0 Å². The second-order valence-electron chi connectivity index (χ2n) is 5.03. The lowest BCUT2D eigenvalue weighted by atomic mass is 9.81. The van der Waals surface area contributed by atoms with Crippen LogP contribution in [-0.2, 0) is 15.1 Å². The maximum absolute atomic E-state index is 13.4. The van der Waals surface area contributed by atoms with E-state index in [9.17, 15) is 14.4 Å². The topological polar surface area (TPSA) is 95.0 Å². The zero-order valence-electron chi connectivity index (χ0n) is 19.6. The minimum atomic E-state index is -3.20. The first-order chi connectivity index (χ1) is 13.7. The molecule has 6 heteroatoms. The van der Waals surface area contributed by atoms with Gasteiger partial charge in [-0.05, 0) is 32.3 Å². The van der Waals surface area contributed by atoms with Crippen molar-refractivity contribution in [3.63, 3.8) is 0 Å². The molecule has 1 unspecified atom stereocenters. The monoisotopic (exact) mass is 307 g/mol. The molecule has 0 bridgehead atoms. The highest BCUT2D eigenvalue weighted by Gasteiger charge is 2.41. The van der Waals surface area contributed by atoms with Crippen LogP contribution in [0.15, 0.2) is 22.9 Å². The van der Waals surface area contributed by atoms with Crippen molar-refractivity contribution in [3.05, 3.63) is 34.3 Å². The van der Waals surface area contributed by atoms with Gasteiger partial charge in [0.15, 0.2) is 5.78 Å². The molecule has 1 aliphatic rings. The van der Waals surface area contributed by atoms with Crippen molar-refractivity contribution < 1.29 is 20.6 Å². The normalized spacial score (nSPS) is 32.0. The lowest BCUT2D eigenvalue weighted by Gasteiger charge is -2.34. The van der Waals surface area contributed by atoms with Crippen LogP contribution < -0.4 is 11.3 Å². The third kappa shape index (κ3) is 1.94. The minimum Gasteiger partial charge on any atom is -0.398 e. The molecule has 2 N–H and O–H groups in total. The van der Waals surface area contributed by atoms with Gasteiger partial charge < -0.3 is 5.73 Å². The van der Waals surface area contributed by atoms with Gasteiger partial charge in [0, 0.05) is 18.9 Å². The van der Waals surface area contributed by atoms with E-state index >= 15 is 0 Å². The van der Waals surface area contributed by atoms with Crippen molar-refractivity contribution in [2.45, 2.75) is 38.5 Å². The highest BCUT2D eigenvalue weighted by Crippen LogP contribution is 2.30. The molecule has 1 aliphatic carbocycles. The Bertz CT molecular complexity index is 1190. The van der Waals surface area contributed by atoms with E-state index in [0.29, 0.717) is 4.57 Å². The number of fused-ring (bicyclic) bond motifs is 1. The predicted octanol–water partition coefficient (Wildman–Crippen LogP) is 1.32. The van der Waals surface area contributed by atoms with Crippen LogP contribution >= 0.6 is 0 Å². The molecule has 1 fully saturated rings. The number of Topliss-reactive ketones (excluding diaryl/α,β-unsaturated/α-hetero) is 2. The second kappa shape index (κ2) is 4.76. The standard InChI is InChI=1S/C16H17N3O3/c1-9-18-12-5-3-4-11(17)14(12)15(22)19(9)16(2)7-6-10(20)8-13(16)21/h3-5H,6-8,17H2,1-2H3/i1D,3D,4D,5D,6D2,7D2. The highest BCUT2D eigenvalue weighted by molar-refractivity contribution is 6.05. The van der Waals surface area contributed by atoms with Crippen molar-refractivity contribution in [2.24, 2.45) is 0 Å². The first-order valence-electron chi connectivity index (χ1n) is 10.5. The molecule has 1 aromatic carbocycles. The number of rotatable bonds is 1. The first-order valence-corrected chi connectivity index (χ1v) is 6.33. The fraction of sp³-hybridized carbons (Fsp3) is 0.375. The summed E-state index contributed by atoms with van der Waals surface area (Å²) < 4.78 is 64.3. The molecule has 0 spiro atoms. The summed E-state index contributed by atoms with van der Waals surface area (Å²) in [6.07, 6.45) is -7.30. The van der Waals surface area contributed by atoms with E-state index in [1.165, 1.54) is 0 Å². The molecule has 22 heavy (non-hydrogen) atoms. The number of hydrogen-bond donors (Lipinski definition) is 1. The van der Waals surface area contributed by atoms with Gasteiger partial charge in [0.05, 0.1) is 21.4 Å². The maximum atomic E-state index is 13.4. The number of hydrogen-bond acceptors (Lipinski definition) is 5. The molecule has 0 radical (unpaired) electrons. The Labute approximate surface area is 138 Å². The molecule has 1 saturated carbocycles. The summed E-state index contributed by atoms with van der Waals surface area (Å²) in [6.45, 7) is 0.197. The van der Waals surface area contributed by atoms with Gasteiger partial charge in [0.2, 0.25) is 0 Å². The summed E-state index contributed by atoms with van der Waals surface area (Å²) in [5.41, 5.74) is 1.18. The van der Waals surface area contributed by atoms with Crippen molar-refractivity contribution >= 4 is 28.2 Å². The van der Waals surface area contributed by atoms with E-state index in [-0.39, 0.29) is 5.52 Å². The number of anilines is 1. The summed E-state index contributed by atoms with van der Waals surface area (Å²) in [7, 11) is 0. The van der Waals surface area contributed by atoms with Crippen LogP contribution in [0.25, 0.3) is 10.9 Å². The van der Waals surface area contributed by atoms with Crippen molar-refractivity contribution in [1.82, 2.24) is 9.55 Å². The number of nitrogens with zero attached hydrogens (tertiary/aromatic N) is 2. The number of benzene rings is 1. The predicted molar refractivity (Wildman–Crippen MR) is 82.7 cm³/mol. The number of carbonyl (C=O) groups excluding carboxylic acids is 2. The third-order valence-electron chi connectivity index (χ3n) is 3.56. The van der Waals surface area contributed by atoms with Crippen LogP contribution in [-0.4, -0.2) is 21.1 Å². The molecular weight excluding hydrogens is 282 g/mol. The van der Waals surface area contributed by atoms with Crippen LogP contribution in [0.1, 0.15) is 42.9 Å². The summed E-state index contributed by atoms with van der Waals surface area (Å²) in [5.74, 6) is -2.83. The van der Waals surface area contributed by atoms with Crippen molar-refractivity contribution in [2.75, 3.05) is 5.73 Å². The van der Waals surface area contributed by atoms with Crippen LogP contribution in [0.3, 0.4) is 0 Å². The lowest BCUT2D eigenvalue weighted by Crippen LogP contribution is -2.49. The lowest BCUT2D eigenvalue weighted by molar-refractivity contribution is -0.136. The summed E-state index contributed by atoms with van der Waals surface area (Å²) in [5, 5.41) is -0.513. The largest absolute Gasteiger partial charge is 0.398 e. The van der Waals surface area contributed by atoms with Crippen molar-refractivity contribution in [3.8, 4) is 0 Å². The molecule has 1 heterocycles. The molecule has 114 valence electrons. The van der Waals surface area contributed by atoms with E-state index in [1.807, 2.05) is 0 Å². The van der Waals surface area contributed by atoms with Gasteiger partial charge in [-0.3, -0.25) is 19.0 Å². The van der Waals surface area contributed by atoms with Gasteiger partial charge in [0.25, 0.3) is 5.56 Å². The average Bonchev–Trinajstić information content (AvgIpc) is 2.67. The smallest absolute Gasteiger partial charge is 0.264 e. The fourth-order valence-corrected chi connectivity index (χ4v) is 2.38. The molecular formula is C16H17N3O3. The summed E-state index contributed by atoms with van der Waals surface area (Å²) >= 11 is 0. The number of aryl methyl sites for hydroxylation is 1. The highest BCUT2D eigenvalue weighted by atomic mass is 16.2. The van der Waals surface area contributed by atoms with E-state index in [4.69, 9.17) is 16.7 Å². The quantitative estimate of drug-likeness (QED) is 0.633. The number of nitrogen functional groups attached to an aromatic ring is 1. The second-order valence-corrected chi connectivity index (χ2v) is 5.03. The van der Waals surface area contributed by atoms with E-state index in [2.05, 4.69) is 4.98 Å². The number of carbonyl (C=O) groups is 2. The van der Waals surface area contributed by atoms with Gasteiger partial charge >= 0.3 is 0 Å². The molecule has 0 aliphatic heterocycles. The van der Waals surface area contributed by atoms with Gasteiger partial charge in [0.1, 0.15) is 17.1 Å². The van der Waals surface area contributed by atoms with Crippen LogP contribution in [0.5, 0.6) is 0 Å². The Morgan fingerprint density at radius 3 is 2.95 bits per heavy atom. The van der Waals surface area contributed by atoms with Crippen LogP contribution in [0.4, 0.5) is 5.69 Å². The number of aromatic nitrogens is 2. The summed E-state index contributed by atoms with van der Waals surface area (Å²) in [4.78, 5) is 42.2. The SMILES string of the molecule is [2H]Cc1nc2c([2H])c([2H])c([2H])c(N)c2c(=O)n1C1(C)C(=O)CC(=O)C([2H])([2H])C1([2H])[2H]. The average molecular weight is 307 g/mol. The minimum absolute atomic E-state index is 0.386. The Morgan fingerprint density at radius 1 is 1.45 bits per heavy atom. The van der Waals surface area contributed by atoms with Crippen LogP contribution in [0.2, 0.25) is 0 Å². The zero-order valence-corrected chi connectivity index (χ0v) is 11.6. The Hall–Kier alpha value is -2.50. The number of ketones is 2. The molecule has 1 aromatic heterocycles. The Kier molecular flexibility index (Phi) is 1.66. The van der Waals surface area contributed by atoms with Gasteiger partial charge in [-0.1, -0.05) is 6.04 Å². The van der Waals surface area contributed by atoms with E-state index < -0.39 is 83.8 Å². The van der Waals surface area contributed by atoms with Gasteiger partial charge in [-0.15, -0.1) is 0 Å². The molecule has 6 nitrogen and oxygen atoms in total. The third-order valence-corrected chi connectivity index (χ3v) is 3.56. The Balaban J connectivity index is 2.56. The Morgan fingerprint density at radius 2 is 2.23 bits per heavy atom. The van der Waals surface area contributed by atoms with Crippen LogP contribution in [0, 0.1) is 6.90 Å². The van der Waals surface area contributed by atoms with E-state index in [1.54, 1.807) is 0 Å². The van der Waals surface area contributed by atoms with Gasteiger partial charge in [-0.25, -0.2) is 4.98 Å². The number of nitrogens with two attached hydrogens (primary N) is 1. The fourth-order valence-electron chi connectivity index (χ4n) is 2.38.